The number of benzene rings is 2. The van der Waals surface area contributed by atoms with Gasteiger partial charge in [-0.25, -0.2) is 5.43 Å². The number of para-hydroxylation sites is 2. The van der Waals surface area contributed by atoms with Crippen LogP contribution >= 0.6 is 0 Å². The van der Waals surface area contributed by atoms with Crippen LogP contribution in [0.5, 0.6) is 0 Å². The number of carbonyl (C=O) groups is 1. The Morgan fingerprint density at radius 1 is 1.12 bits per heavy atom. The van der Waals surface area contributed by atoms with Gasteiger partial charge in [0.2, 0.25) is 0 Å². The molecule has 0 fully saturated rings. The average Bonchev–Trinajstić information content (AvgIpc) is 2.99. The number of anilines is 1. The van der Waals surface area contributed by atoms with Gasteiger partial charge in [0.25, 0.3) is 5.91 Å². The summed E-state index contributed by atoms with van der Waals surface area (Å²) in [6, 6.07) is 17.6. The van der Waals surface area contributed by atoms with Crippen LogP contribution in [-0.4, -0.2) is 23.2 Å². The fourth-order valence-electron chi connectivity index (χ4n) is 2.62. The van der Waals surface area contributed by atoms with Gasteiger partial charge in [0.1, 0.15) is 0 Å². The third-order valence-electron chi connectivity index (χ3n) is 3.76. The van der Waals surface area contributed by atoms with Crippen molar-refractivity contribution >= 4 is 28.7 Å². The highest BCUT2D eigenvalue weighted by molar-refractivity contribution is 5.99. The molecule has 3 aromatic rings. The number of hydrogen-bond acceptors (Lipinski definition) is 3. The van der Waals surface area contributed by atoms with E-state index in [4.69, 9.17) is 0 Å². The fraction of sp³-hybridized carbons (Fsp3) is 0.100. The highest BCUT2D eigenvalue weighted by atomic mass is 16.2. The van der Waals surface area contributed by atoms with Crippen molar-refractivity contribution in [1.82, 2.24) is 9.99 Å². The molecular weight excluding hydrogens is 312 g/mol. The molecule has 1 aromatic heterocycles. The van der Waals surface area contributed by atoms with Crippen LogP contribution in [0.15, 0.2) is 78.6 Å². The van der Waals surface area contributed by atoms with Gasteiger partial charge in [0.05, 0.1) is 12.8 Å². The van der Waals surface area contributed by atoms with E-state index in [0.717, 1.165) is 28.7 Å². The van der Waals surface area contributed by atoms with Crippen LogP contribution in [0.1, 0.15) is 5.56 Å². The zero-order valence-electron chi connectivity index (χ0n) is 13.9. The summed E-state index contributed by atoms with van der Waals surface area (Å²) in [4.78, 5) is 11.9. The third-order valence-corrected chi connectivity index (χ3v) is 3.76. The number of hydrogen-bond donors (Lipinski definition) is 2. The summed E-state index contributed by atoms with van der Waals surface area (Å²) < 4.78 is 2.10. The molecule has 2 N–H and O–H groups in total. The molecule has 0 atom stereocenters. The van der Waals surface area contributed by atoms with Crippen molar-refractivity contribution in [2.24, 2.45) is 5.10 Å². The lowest BCUT2D eigenvalue weighted by Crippen LogP contribution is -2.25. The van der Waals surface area contributed by atoms with E-state index in [1.165, 1.54) is 0 Å². The second-order valence-corrected chi connectivity index (χ2v) is 5.56. The van der Waals surface area contributed by atoms with Crippen LogP contribution in [0.25, 0.3) is 10.9 Å². The molecule has 0 radical (unpaired) electrons. The minimum atomic E-state index is -0.199. The summed E-state index contributed by atoms with van der Waals surface area (Å²) in [6.07, 6.45) is 5.52. The van der Waals surface area contributed by atoms with Gasteiger partial charge in [0.15, 0.2) is 0 Å². The lowest BCUT2D eigenvalue weighted by atomic mass is 10.2. The second-order valence-electron chi connectivity index (χ2n) is 5.56. The number of aromatic nitrogens is 1. The Morgan fingerprint density at radius 2 is 1.88 bits per heavy atom. The zero-order chi connectivity index (χ0) is 17.5. The van der Waals surface area contributed by atoms with Crippen molar-refractivity contribution in [3.63, 3.8) is 0 Å². The fourth-order valence-corrected chi connectivity index (χ4v) is 2.62. The molecule has 0 saturated carbocycles. The maximum atomic E-state index is 11.9. The molecule has 0 aliphatic rings. The van der Waals surface area contributed by atoms with Crippen LogP contribution in [-0.2, 0) is 11.3 Å². The van der Waals surface area contributed by atoms with Crippen LogP contribution in [0, 0.1) is 0 Å². The van der Waals surface area contributed by atoms with Crippen molar-refractivity contribution in [3.8, 4) is 0 Å². The molecule has 1 amide bonds. The number of carbonyl (C=O) groups excluding carboxylic acids is 1. The first-order chi connectivity index (χ1) is 12.3. The van der Waals surface area contributed by atoms with Gasteiger partial charge < -0.3 is 9.88 Å². The Hall–Kier alpha value is -3.34. The molecule has 126 valence electrons. The van der Waals surface area contributed by atoms with Crippen molar-refractivity contribution in [1.29, 1.82) is 0 Å². The van der Waals surface area contributed by atoms with E-state index in [0.29, 0.717) is 0 Å². The number of nitrogens with one attached hydrogen (secondary N) is 2. The lowest BCUT2D eigenvalue weighted by Gasteiger charge is -2.04. The Bertz CT molecular complexity index is 896. The number of fused-ring (bicyclic) bond motifs is 1. The molecule has 25 heavy (non-hydrogen) atoms. The lowest BCUT2D eigenvalue weighted by molar-refractivity contribution is -0.119. The smallest absolute Gasteiger partial charge is 0.259 e. The summed E-state index contributed by atoms with van der Waals surface area (Å²) >= 11 is 0. The monoisotopic (exact) mass is 332 g/mol. The minimum Gasteiger partial charge on any atom is -0.376 e. The van der Waals surface area contributed by atoms with Gasteiger partial charge >= 0.3 is 0 Å². The third kappa shape index (κ3) is 4.14. The Balaban J connectivity index is 1.63. The molecule has 0 saturated heterocycles. The van der Waals surface area contributed by atoms with Gasteiger partial charge in [-0.15, -0.1) is 6.58 Å². The second kappa shape index (κ2) is 7.97. The predicted octanol–water partition coefficient (Wildman–Crippen LogP) is 3.39. The Kier molecular flexibility index (Phi) is 5.26. The van der Waals surface area contributed by atoms with E-state index in [1.54, 1.807) is 6.21 Å². The standard InChI is InChI=1S/C20H20N4O/c1-2-12-24-15-16(18-10-6-7-11-19(18)24)13-22-23-20(25)14-21-17-8-4-3-5-9-17/h2-11,13,15,21H,1,12,14H2,(H,23,25)/b22-13-. The van der Waals surface area contributed by atoms with Gasteiger partial charge in [-0.2, -0.15) is 5.10 Å². The van der Waals surface area contributed by atoms with Crippen LogP contribution in [0.2, 0.25) is 0 Å². The molecule has 3 rings (SSSR count). The molecule has 5 nitrogen and oxygen atoms in total. The quantitative estimate of drug-likeness (QED) is 0.396. The number of allylic oxidation sites excluding steroid dienone is 1. The summed E-state index contributed by atoms with van der Waals surface area (Å²) in [5.41, 5.74) is 5.51. The van der Waals surface area contributed by atoms with Gasteiger partial charge in [-0.05, 0) is 18.2 Å². The SMILES string of the molecule is C=CCn1cc(/C=N\NC(=O)CNc2ccccc2)c2ccccc21. The van der Waals surface area contributed by atoms with Crippen molar-refractivity contribution in [3.05, 3.63) is 79.0 Å². The number of amides is 1. The number of nitrogens with zero attached hydrogens (tertiary/aromatic N) is 2. The first-order valence-electron chi connectivity index (χ1n) is 8.07. The van der Waals surface area contributed by atoms with Gasteiger partial charge in [-0.3, -0.25) is 4.79 Å². The van der Waals surface area contributed by atoms with Crippen molar-refractivity contribution < 1.29 is 4.79 Å². The molecule has 0 spiro atoms. The van der Waals surface area contributed by atoms with Gasteiger partial charge in [-0.1, -0.05) is 42.5 Å². The van der Waals surface area contributed by atoms with E-state index < -0.39 is 0 Å². The average molecular weight is 332 g/mol. The summed E-state index contributed by atoms with van der Waals surface area (Å²) in [5.74, 6) is -0.199. The van der Waals surface area contributed by atoms with E-state index in [9.17, 15) is 4.79 Å². The molecule has 2 aromatic carbocycles. The molecular formula is C20H20N4O. The highest BCUT2D eigenvalue weighted by Gasteiger charge is 2.05. The van der Waals surface area contributed by atoms with Crippen LogP contribution < -0.4 is 10.7 Å². The number of hydrazone groups is 1. The molecule has 0 aliphatic heterocycles. The first kappa shape index (κ1) is 16.5. The molecule has 0 bridgehead atoms. The minimum absolute atomic E-state index is 0.166. The van der Waals surface area contributed by atoms with Crippen LogP contribution in [0.4, 0.5) is 5.69 Å². The van der Waals surface area contributed by atoms with E-state index in [1.807, 2.05) is 60.8 Å². The normalized spacial score (nSPS) is 10.9. The largest absolute Gasteiger partial charge is 0.376 e. The van der Waals surface area contributed by atoms with Crippen LogP contribution in [0.3, 0.4) is 0 Å². The topological polar surface area (TPSA) is 58.4 Å². The first-order valence-corrected chi connectivity index (χ1v) is 8.07. The highest BCUT2D eigenvalue weighted by Crippen LogP contribution is 2.19. The van der Waals surface area contributed by atoms with Gasteiger partial charge in [0, 0.05) is 34.9 Å². The Morgan fingerprint density at radius 3 is 2.68 bits per heavy atom. The molecule has 1 heterocycles. The van der Waals surface area contributed by atoms with Crippen molar-refractivity contribution in [2.45, 2.75) is 6.54 Å². The van der Waals surface area contributed by atoms with Crippen molar-refractivity contribution in [2.75, 3.05) is 11.9 Å². The maximum Gasteiger partial charge on any atom is 0.259 e. The molecule has 0 aliphatic carbocycles. The van der Waals surface area contributed by atoms with E-state index >= 15 is 0 Å². The predicted molar refractivity (Wildman–Crippen MR) is 103 cm³/mol. The Labute approximate surface area is 146 Å². The summed E-state index contributed by atoms with van der Waals surface area (Å²) in [6.45, 7) is 4.67. The zero-order valence-corrected chi connectivity index (χ0v) is 13.9. The molecule has 0 unspecified atom stereocenters. The summed E-state index contributed by atoms with van der Waals surface area (Å²) in [5, 5.41) is 8.20. The summed E-state index contributed by atoms with van der Waals surface area (Å²) in [7, 11) is 0. The van der Waals surface area contributed by atoms with E-state index in [2.05, 4.69) is 33.1 Å². The maximum absolute atomic E-state index is 11.9. The number of rotatable bonds is 7. The van der Waals surface area contributed by atoms with E-state index in [-0.39, 0.29) is 12.5 Å². The molecule has 5 heteroatoms.